The first kappa shape index (κ1) is 14.8. The van der Waals surface area contributed by atoms with Crippen LogP contribution < -0.4 is 4.74 Å². The van der Waals surface area contributed by atoms with Crippen molar-refractivity contribution >= 4 is 11.6 Å². The molecule has 1 aromatic heterocycles. The van der Waals surface area contributed by atoms with Gasteiger partial charge in [-0.15, -0.1) is 10.2 Å². The molecule has 20 heavy (non-hydrogen) atoms. The minimum atomic E-state index is 0.421. The van der Waals surface area contributed by atoms with Crippen LogP contribution in [0.1, 0.15) is 42.9 Å². The number of rotatable bonds is 4. The second-order valence-corrected chi connectivity index (χ2v) is 5.35. The molecule has 0 saturated heterocycles. The molecule has 0 bridgehead atoms. The summed E-state index contributed by atoms with van der Waals surface area (Å²) in [5, 5.41) is 8.40. The zero-order valence-electron chi connectivity index (χ0n) is 12.3. The van der Waals surface area contributed by atoms with E-state index in [1.165, 1.54) is 5.56 Å². The molecule has 2 aromatic rings. The van der Waals surface area contributed by atoms with Gasteiger partial charge in [-0.3, -0.25) is 0 Å². The fourth-order valence-electron chi connectivity index (χ4n) is 1.96. The molecule has 1 unspecified atom stereocenters. The zero-order valence-corrected chi connectivity index (χ0v) is 13.0. The van der Waals surface area contributed by atoms with Gasteiger partial charge in [-0.1, -0.05) is 43.6 Å². The number of hydrogen-bond acceptors (Lipinski definition) is 3. The van der Waals surface area contributed by atoms with Crippen molar-refractivity contribution in [1.29, 1.82) is 0 Å². The normalized spacial score (nSPS) is 12.2. The largest absolute Gasteiger partial charge is 0.437 e. The van der Waals surface area contributed by atoms with Crippen molar-refractivity contribution in [3.05, 3.63) is 46.1 Å². The molecule has 0 spiro atoms. The highest BCUT2D eigenvalue weighted by molar-refractivity contribution is 6.30. The first-order valence-electron chi connectivity index (χ1n) is 6.80. The summed E-state index contributed by atoms with van der Waals surface area (Å²) in [6, 6.07) is 8.05. The van der Waals surface area contributed by atoms with E-state index in [1.807, 2.05) is 32.0 Å². The van der Waals surface area contributed by atoms with Crippen molar-refractivity contribution < 1.29 is 4.74 Å². The molecule has 106 valence electrons. The Bertz CT molecular complexity index is 613. The van der Waals surface area contributed by atoms with Crippen LogP contribution in [0.2, 0.25) is 5.15 Å². The highest BCUT2D eigenvalue weighted by atomic mass is 35.5. The van der Waals surface area contributed by atoms with Crippen molar-refractivity contribution in [1.82, 2.24) is 10.2 Å². The average Bonchev–Trinajstić information content (AvgIpc) is 2.47. The molecule has 0 aliphatic heterocycles. The molecule has 2 rings (SSSR count). The second-order valence-electron chi connectivity index (χ2n) is 5.00. The molecule has 0 aliphatic rings. The molecular formula is C16H19ClN2O. The summed E-state index contributed by atoms with van der Waals surface area (Å²) in [5.74, 6) is 1.79. The number of nitrogens with zero attached hydrogens (tertiary/aromatic N) is 2. The van der Waals surface area contributed by atoms with Gasteiger partial charge in [0.1, 0.15) is 5.75 Å². The third kappa shape index (κ3) is 2.93. The fourth-order valence-corrected chi connectivity index (χ4v) is 2.14. The van der Waals surface area contributed by atoms with Crippen molar-refractivity contribution in [2.75, 3.05) is 0 Å². The third-order valence-corrected chi connectivity index (χ3v) is 4.05. The van der Waals surface area contributed by atoms with Crippen molar-refractivity contribution in [2.45, 2.75) is 40.0 Å². The van der Waals surface area contributed by atoms with E-state index in [9.17, 15) is 0 Å². The summed E-state index contributed by atoms with van der Waals surface area (Å²) in [5.41, 5.74) is 3.01. The number of ether oxygens (including phenoxy) is 1. The van der Waals surface area contributed by atoms with E-state index in [1.54, 1.807) is 0 Å². The molecule has 4 heteroatoms. The average molecular weight is 291 g/mol. The maximum absolute atomic E-state index is 5.97. The monoisotopic (exact) mass is 290 g/mol. The highest BCUT2D eigenvalue weighted by Crippen LogP contribution is 2.33. The second kappa shape index (κ2) is 6.23. The Morgan fingerprint density at radius 3 is 2.55 bits per heavy atom. The lowest BCUT2D eigenvalue weighted by Gasteiger charge is -2.16. The summed E-state index contributed by atoms with van der Waals surface area (Å²) in [7, 11) is 0. The van der Waals surface area contributed by atoms with Gasteiger partial charge in [0.2, 0.25) is 5.88 Å². The zero-order chi connectivity index (χ0) is 14.7. The van der Waals surface area contributed by atoms with E-state index < -0.39 is 0 Å². The molecule has 0 aliphatic carbocycles. The van der Waals surface area contributed by atoms with Crippen LogP contribution in [0.3, 0.4) is 0 Å². The van der Waals surface area contributed by atoms with Crippen LogP contribution >= 0.6 is 11.6 Å². The smallest absolute Gasteiger partial charge is 0.242 e. The third-order valence-electron chi connectivity index (χ3n) is 3.69. The number of halogens is 1. The minimum absolute atomic E-state index is 0.421. The Labute approximate surface area is 125 Å². The van der Waals surface area contributed by atoms with Gasteiger partial charge in [0.15, 0.2) is 5.15 Å². The molecule has 1 atom stereocenters. The standard InChI is InChI=1S/C16H19ClN2O/c1-5-10(2)13-8-6-7-9-14(13)20-16-12(4)11(3)15(17)18-19-16/h6-10H,5H2,1-4H3. The van der Waals surface area contributed by atoms with E-state index in [0.717, 1.165) is 23.3 Å². The van der Waals surface area contributed by atoms with Gasteiger partial charge in [-0.2, -0.15) is 0 Å². The number of benzene rings is 1. The number of hydrogen-bond donors (Lipinski definition) is 0. The van der Waals surface area contributed by atoms with Crippen LogP contribution in [0, 0.1) is 13.8 Å². The fraction of sp³-hybridized carbons (Fsp3) is 0.375. The van der Waals surface area contributed by atoms with Gasteiger partial charge in [0.05, 0.1) is 0 Å². The van der Waals surface area contributed by atoms with Crippen molar-refractivity contribution in [3.63, 3.8) is 0 Å². The SMILES string of the molecule is CCC(C)c1ccccc1Oc1nnc(Cl)c(C)c1C. The molecule has 0 amide bonds. The summed E-state index contributed by atoms with van der Waals surface area (Å²) >= 11 is 5.96. The van der Waals surface area contributed by atoms with Crippen LogP contribution in [0.15, 0.2) is 24.3 Å². The topological polar surface area (TPSA) is 35.0 Å². The summed E-state index contributed by atoms with van der Waals surface area (Å²) in [6.07, 6.45) is 1.06. The molecule has 1 heterocycles. The van der Waals surface area contributed by atoms with Crippen molar-refractivity contribution in [3.8, 4) is 11.6 Å². The first-order valence-corrected chi connectivity index (χ1v) is 7.18. The van der Waals surface area contributed by atoms with E-state index >= 15 is 0 Å². The highest BCUT2D eigenvalue weighted by Gasteiger charge is 2.14. The van der Waals surface area contributed by atoms with Gasteiger partial charge in [0, 0.05) is 5.56 Å². The predicted molar refractivity (Wildman–Crippen MR) is 81.7 cm³/mol. The van der Waals surface area contributed by atoms with Crippen molar-refractivity contribution in [2.24, 2.45) is 0 Å². The quantitative estimate of drug-likeness (QED) is 0.790. The number of para-hydroxylation sites is 1. The van der Waals surface area contributed by atoms with E-state index in [4.69, 9.17) is 16.3 Å². The maximum atomic E-state index is 5.97. The molecule has 0 N–H and O–H groups in total. The Hall–Kier alpha value is -1.61. The van der Waals surface area contributed by atoms with Gasteiger partial charge >= 0.3 is 0 Å². The van der Waals surface area contributed by atoms with Crippen LogP contribution in [0.5, 0.6) is 11.6 Å². The Morgan fingerprint density at radius 1 is 1.15 bits per heavy atom. The molecule has 1 aromatic carbocycles. The minimum Gasteiger partial charge on any atom is -0.437 e. The Kier molecular flexibility index (Phi) is 4.61. The Balaban J connectivity index is 2.38. The van der Waals surface area contributed by atoms with E-state index in [2.05, 4.69) is 30.1 Å². The lowest BCUT2D eigenvalue weighted by atomic mass is 9.98. The van der Waals surface area contributed by atoms with Crippen LogP contribution in [0.4, 0.5) is 0 Å². The Morgan fingerprint density at radius 2 is 1.85 bits per heavy atom. The summed E-state index contributed by atoms with van der Waals surface area (Å²) in [6.45, 7) is 8.21. The van der Waals surface area contributed by atoms with Crippen LogP contribution in [-0.2, 0) is 0 Å². The molecule has 0 radical (unpaired) electrons. The molecule has 3 nitrogen and oxygen atoms in total. The summed E-state index contributed by atoms with van der Waals surface area (Å²) < 4.78 is 5.97. The maximum Gasteiger partial charge on any atom is 0.242 e. The van der Waals surface area contributed by atoms with Gasteiger partial charge in [-0.05, 0) is 43.4 Å². The first-order chi connectivity index (χ1) is 9.54. The molecular weight excluding hydrogens is 272 g/mol. The summed E-state index contributed by atoms with van der Waals surface area (Å²) in [4.78, 5) is 0. The van der Waals surface area contributed by atoms with Gasteiger partial charge in [-0.25, -0.2) is 0 Å². The lowest BCUT2D eigenvalue weighted by Crippen LogP contribution is -2.01. The molecule has 0 fully saturated rings. The van der Waals surface area contributed by atoms with Gasteiger partial charge in [0.25, 0.3) is 0 Å². The van der Waals surface area contributed by atoms with Crippen LogP contribution in [0.25, 0.3) is 0 Å². The van der Waals surface area contributed by atoms with E-state index in [0.29, 0.717) is 17.0 Å². The van der Waals surface area contributed by atoms with E-state index in [-0.39, 0.29) is 0 Å². The lowest BCUT2D eigenvalue weighted by molar-refractivity contribution is 0.440. The predicted octanol–water partition coefficient (Wildman–Crippen LogP) is 5.05. The van der Waals surface area contributed by atoms with Crippen LogP contribution in [-0.4, -0.2) is 10.2 Å². The molecule has 0 saturated carbocycles. The van der Waals surface area contributed by atoms with Gasteiger partial charge < -0.3 is 4.74 Å². The number of aromatic nitrogens is 2.